The Hall–Kier alpha value is -0.530. The standard InChI is InChI=1S/C17H34O2/c1-4-6-7-8-9-10-11-12-13-14-15(3)16(5-2)17(18)19/h15-16H,4-14H2,1-3H3,(H,18,19). The van der Waals surface area contributed by atoms with Crippen molar-refractivity contribution in [3.8, 4) is 0 Å². The average molecular weight is 270 g/mol. The smallest absolute Gasteiger partial charge is 0.306 e. The van der Waals surface area contributed by atoms with Crippen LogP contribution in [0.2, 0.25) is 0 Å². The molecule has 0 fully saturated rings. The van der Waals surface area contributed by atoms with Gasteiger partial charge in [0.1, 0.15) is 0 Å². The molecule has 0 rings (SSSR count). The molecule has 0 heterocycles. The van der Waals surface area contributed by atoms with E-state index in [2.05, 4.69) is 13.8 Å². The lowest BCUT2D eigenvalue weighted by Gasteiger charge is -2.18. The van der Waals surface area contributed by atoms with Crippen LogP contribution < -0.4 is 0 Å². The first kappa shape index (κ1) is 18.5. The van der Waals surface area contributed by atoms with Crippen molar-refractivity contribution >= 4 is 5.97 Å². The van der Waals surface area contributed by atoms with Crippen molar-refractivity contribution in [3.05, 3.63) is 0 Å². The van der Waals surface area contributed by atoms with E-state index in [1.54, 1.807) is 0 Å². The van der Waals surface area contributed by atoms with Crippen molar-refractivity contribution in [3.63, 3.8) is 0 Å². The Morgan fingerprint density at radius 1 is 0.895 bits per heavy atom. The minimum absolute atomic E-state index is 0.144. The van der Waals surface area contributed by atoms with Gasteiger partial charge in [-0.1, -0.05) is 78.6 Å². The second-order valence-corrected chi connectivity index (χ2v) is 5.95. The summed E-state index contributed by atoms with van der Waals surface area (Å²) in [6.45, 7) is 6.32. The average Bonchev–Trinajstić information content (AvgIpc) is 2.37. The molecule has 0 aromatic heterocycles. The molecule has 0 aliphatic heterocycles. The minimum Gasteiger partial charge on any atom is -0.481 e. The molecule has 0 aromatic rings. The minimum atomic E-state index is -0.620. The monoisotopic (exact) mass is 270 g/mol. The largest absolute Gasteiger partial charge is 0.481 e. The molecule has 2 atom stereocenters. The topological polar surface area (TPSA) is 37.3 Å². The Morgan fingerprint density at radius 3 is 1.79 bits per heavy atom. The molecule has 0 saturated heterocycles. The summed E-state index contributed by atoms with van der Waals surface area (Å²) in [5.41, 5.74) is 0. The Kier molecular flexibility index (Phi) is 12.2. The van der Waals surface area contributed by atoms with Crippen LogP contribution in [0.5, 0.6) is 0 Å². The van der Waals surface area contributed by atoms with Crippen LogP contribution in [0.1, 0.15) is 91.4 Å². The molecule has 2 unspecified atom stereocenters. The molecule has 0 saturated carbocycles. The maximum absolute atomic E-state index is 11.0. The molecule has 0 amide bonds. The normalized spacial score (nSPS) is 14.3. The molecule has 0 bridgehead atoms. The molecule has 1 N–H and O–H groups in total. The number of carboxylic acid groups (broad SMARTS) is 1. The number of unbranched alkanes of at least 4 members (excludes halogenated alkanes) is 8. The molecule has 0 aromatic carbocycles. The zero-order valence-electron chi connectivity index (χ0n) is 13.3. The quantitative estimate of drug-likeness (QED) is 0.439. The fourth-order valence-corrected chi connectivity index (χ4v) is 2.80. The third-order valence-corrected chi connectivity index (χ3v) is 4.21. The van der Waals surface area contributed by atoms with Crippen LogP contribution in [0.25, 0.3) is 0 Å². The molecule has 0 spiro atoms. The highest BCUT2D eigenvalue weighted by molar-refractivity contribution is 5.70. The highest BCUT2D eigenvalue weighted by Crippen LogP contribution is 2.22. The molecule has 0 aliphatic rings. The lowest BCUT2D eigenvalue weighted by molar-refractivity contribution is -0.143. The Balaban J connectivity index is 3.40. The zero-order valence-corrected chi connectivity index (χ0v) is 13.3. The van der Waals surface area contributed by atoms with E-state index in [-0.39, 0.29) is 5.92 Å². The van der Waals surface area contributed by atoms with Crippen LogP contribution in [0.4, 0.5) is 0 Å². The highest BCUT2D eigenvalue weighted by Gasteiger charge is 2.21. The van der Waals surface area contributed by atoms with Crippen molar-refractivity contribution in [2.45, 2.75) is 91.4 Å². The van der Waals surface area contributed by atoms with E-state index in [1.165, 1.54) is 57.8 Å². The van der Waals surface area contributed by atoms with E-state index in [0.29, 0.717) is 5.92 Å². The van der Waals surface area contributed by atoms with Gasteiger partial charge in [-0.3, -0.25) is 4.79 Å². The molecule has 114 valence electrons. The van der Waals surface area contributed by atoms with E-state index in [0.717, 1.165) is 12.8 Å². The molecule has 19 heavy (non-hydrogen) atoms. The summed E-state index contributed by atoms with van der Waals surface area (Å²) in [5.74, 6) is -0.438. The molecular formula is C17H34O2. The van der Waals surface area contributed by atoms with E-state index in [4.69, 9.17) is 5.11 Å². The third-order valence-electron chi connectivity index (χ3n) is 4.21. The third kappa shape index (κ3) is 9.98. The maximum atomic E-state index is 11.0. The van der Waals surface area contributed by atoms with Crippen molar-refractivity contribution in [2.24, 2.45) is 11.8 Å². The van der Waals surface area contributed by atoms with Crippen LogP contribution in [0.15, 0.2) is 0 Å². The number of hydrogen-bond donors (Lipinski definition) is 1. The lowest BCUT2D eigenvalue weighted by atomic mass is 9.87. The van der Waals surface area contributed by atoms with Crippen molar-refractivity contribution < 1.29 is 9.90 Å². The van der Waals surface area contributed by atoms with Gasteiger partial charge in [0.15, 0.2) is 0 Å². The van der Waals surface area contributed by atoms with Gasteiger partial charge in [-0.15, -0.1) is 0 Å². The van der Waals surface area contributed by atoms with Gasteiger partial charge in [0.2, 0.25) is 0 Å². The Morgan fingerprint density at radius 2 is 1.37 bits per heavy atom. The second kappa shape index (κ2) is 12.5. The SMILES string of the molecule is CCCCCCCCCCCC(C)C(CC)C(=O)O. The maximum Gasteiger partial charge on any atom is 0.306 e. The number of aliphatic carboxylic acids is 1. The van der Waals surface area contributed by atoms with Crippen LogP contribution in [-0.4, -0.2) is 11.1 Å². The van der Waals surface area contributed by atoms with Crippen LogP contribution in [-0.2, 0) is 4.79 Å². The predicted octanol–water partition coefficient (Wildman–Crippen LogP) is 5.65. The number of rotatable bonds is 13. The highest BCUT2D eigenvalue weighted by atomic mass is 16.4. The van der Waals surface area contributed by atoms with Crippen molar-refractivity contribution in [2.75, 3.05) is 0 Å². The predicted molar refractivity (Wildman–Crippen MR) is 82.4 cm³/mol. The van der Waals surface area contributed by atoms with Gasteiger partial charge in [-0.25, -0.2) is 0 Å². The number of carboxylic acids is 1. The van der Waals surface area contributed by atoms with Crippen LogP contribution in [0.3, 0.4) is 0 Å². The van der Waals surface area contributed by atoms with Gasteiger partial charge in [-0.2, -0.15) is 0 Å². The first-order valence-corrected chi connectivity index (χ1v) is 8.36. The van der Waals surface area contributed by atoms with Gasteiger partial charge >= 0.3 is 5.97 Å². The Bertz CT molecular complexity index is 213. The lowest BCUT2D eigenvalue weighted by Crippen LogP contribution is -2.20. The van der Waals surface area contributed by atoms with E-state index < -0.39 is 5.97 Å². The first-order chi connectivity index (χ1) is 9.13. The van der Waals surface area contributed by atoms with E-state index >= 15 is 0 Å². The summed E-state index contributed by atoms with van der Waals surface area (Å²) in [7, 11) is 0. The zero-order chi connectivity index (χ0) is 14.5. The number of carbonyl (C=O) groups is 1. The summed E-state index contributed by atoms with van der Waals surface area (Å²) >= 11 is 0. The molecule has 0 radical (unpaired) electrons. The van der Waals surface area contributed by atoms with Crippen molar-refractivity contribution in [1.82, 2.24) is 0 Å². The van der Waals surface area contributed by atoms with Crippen molar-refractivity contribution in [1.29, 1.82) is 0 Å². The molecule has 0 aliphatic carbocycles. The fourth-order valence-electron chi connectivity index (χ4n) is 2.80. The Labute approximate surface area is 120 Å². The molecular weight excluding hydrogens is 236 g/mol. The van der Waals surface area contributed by atoms with Gasteiger partial charge in [-0.05, 0) is 18.8 Å². The van der Waals surface area contributed by atoms with Gasteiger partial charge in [0, 0.05) is 0 Å². The summed E-state index contributed by atoms with van der Waals surface area (Å²) in [5, 5.41) is 9.09. The van der Waals surface area contributed by atoms with Crippen LogP contribution in [0, 0.1) is 11.8 Å². The van der Waals surface area contributed by atoms with Gasteiger partial charge in [0.05, 0.1) is 5.92 Å². The van der Waals surface area contributed by atoms with Crippen LogP contribution >= 0.6 is 0 Å². The molecule has 2 nitrogen and oxygen atoms in total. The number of hydrogen-bond acceptors (Lipinski definition) is 1. The summed E-state index contributed by atoms with van der Waals surface area (Å²) in [6.07, 6.45) is 13.8. The van der Waals surface area contributed by atoms with Gasteiger partial charge < -0.3 is 5.11 Å². The summed E-state index contributed by atoms with van der Waals surface area (Å²) < 4.78 is 0. The second-order valence-electron chi connectivity index (χ2n) is 5.95. The first-order valence-electron chi connectivity index (χ1n) is 8.36. The molecule has 2 heteroatoms. The van der Waals surface area contributed by atoms with Gasteiger partial charge in [0.25, 0.3) is 0 Å². The van der Waals surface area contributed by atoms with E-state index in [9.17, 15) is 4.79 Å². The summed E-state index contributed by atoms with van der Waals surface area (Å²) in [4.78, 5) is 11.0. The summed E-state index contributed by atoms with van der Waals surface area (Å²) in [6, 6.07) is 0. The fraction of sp³-hybridized carbons (Fsp3) is 0.941. The van der Waals surface area contributed by atoms with E-state index in [1.807, 2.05) is 6.92 Å².